The second-order valence-corrected chi connectivity index (χ2v) is 5.89. The van der Waals surface area contributed by atoms with E-state index in [9.17, 15) is 5.11 Å². The van der Waals surface area contributed by atoms with Crippen molar-refractivity contribution in [1.82, 2.24) is 0 Å². The number of phenols is 1. The molecule has 1 aromatic rings. The topological polar surface area (TPSA) is 46.2 Å². The van der Waals surface area contributed by atoms with Gasteiger partial charge in [0.1, 0.15) is 5.75 Å². The summed E-state index contributed by atoms with van der Waals surface area (Å²) in [6.45, 7) is 2.22. The predicted molar refractivity (Wildman–Crippen MR) is 70.1 cm³/mol. The number of phenolic OH excluding ortho intramolecular Hbond substituents is 1. The third kappa shape index (κ3) is 2.26. The Bertz CT molecular complexity index is 433. The van der Waals surface area contributed by atoms with Crippen LogP contribution in [-0.2, 0) is 6.42 Å². The summed E-state index contributed by atoms with van der Waals surface area (Å²) in [5.41, 5.74) is 8.92. The molecule has 0 radical (unpaired) electrons. The largest absolute Gasteiger partial charge is 0.507 e. The van der Waals surface area contributed by atoms with Crippen molar-refractivity contribution in [2.24, 2.45) is 11.8 Å². The van der Waals surface area contributed by atoms with Gasteiger partial charge in [0.15, 0.2) is 0 Å². The summed E-state index contributed by atoms with van der Waals surface area (Å²) in [4.78, 5) is 0. The lowest BCUT2D eigenvalue weighted by atomic mass is 9.91. The van der Waals surface area contributed by atoms with Crippen LogP contribution in [0, 0.1) is 11.8 Å². The van der Waals surface area contributed by atoms with E-state index in [0.29, 0.717) is 11.7 Å². The highest BCUT2D eigenvalue weighted by atomic mass is 16.3. The maximum atomic E-state index is 10.4. The molecule has 2 fully saturated rings. The van der Waals surface area contributed by atoms with Crippen molar-refractivity contribution in [3.05, 3.63) is 23.3 Å². The highest BCUT2D eigenvalue weighted by Crippen LogP contribution is 2.46. The zero-order valence-corrected chi connectivity index (χ0v) is 10.4. The molecule has 3 rings (SSSR count). The fourth-order valence-electron chi connectivity index (χ4n) is 2.73. The fraction of sp³-hybridized carbons (Fsp3) is 0.600. The van der Waals surface area contributed by atoms with Crippen molar-refractivity contribution < 1.29 is 5.11 Å². The highest BCUT2D eigenvalue weighted by molar-refractivity contribution is 5.54. The van der Waals surface area contributed by atoms with Gasteiger partial charge in [-0.05, 0) is 73.1 Å². The summed E-state index contributed by atoms with van der Waals surface area (Å²) >= 11 is 0. The van der Waals surface area contributed by atoms with Crippen molar-refractivity contribution >= 4 is 5.69 Å². The summed E-state index contributed by atoms with van der Waals surface area (Å²) < 4.78 is 0. The molecule has 3 N–H and O–H groups in total. The van der Waals surface area contributed by atoms with Crippen molar-refractivity contribution in [3.63, 3.8) is 0 Å². The van der Waals surface area contributed by atoms with E-state index >= 15 is 0 Å². The maximum absolute atomic E-state index is 10.4. The first-order valence-electron chi connectivity index (χ1n) is 6.76. The Morgan fingerprint density at radius 3 is 2.59 bits per heavy atom. The standard InChI is InChI=1S/C15H21NO/c1-9(11-4-5-11)14-8-13(16)7-12(15(14)17)6-10-2-3-10/h7-11,17H,2-6,16H2,1H3. The van der Waals surface area contributed by atoms with Crippen LogP contribution in [0.3, 0.4) is 0 Å². The normalized spacial score (nSPS) is 21.5. The van der Waals surface area contributed by atoms with Crippen LogP contribution in [0.15, 0.2) is 12.1 Å². The van der Waals surface area contributed by atoms with Gasteiger partial charge in [-0.3, -0.25) is 0 Å². The number of hydrogen-bond donors (Lipinski definition) is 2. The number of rotatable bonds is 4. The lowest BCUT2D eigenvalue weighted by Crippen LogP contribution is -2.01. The average molecular weight is 231 g/mol. The number of benzene rings is 1. The molecule has 1 aromatic carbocycles. The van der Waals surface area contributed by atoms with Crippen LogP contribution < -0.4 is 5.73 Å². The molecule has 92 valence electrons. The average Bonchev–Trinajstić information content (AvgIpc) is 3.14. The van der Waals surface area contributed by atoms with Crippen LogP contribution in [0.25, 0.3) is 0 Å². The van der Waals surface area contributed by atoms with Gasteiger partial charge >= 0.3 is 0 Å². The molecule has 1 atom stereocenters. The van der Waals surface area contributed by atoms with Gasteiger partial charge in [-0.1, -0.05) is 6.92 Å². The number of nitrogens with two attached hydrogens (primary N) is 1. The monoisotopic (exact) mass is 231 g/mol. The summed E-state index contributed by atoms with van der Waals surface area (Å²) in [5, 5.41) is 10.4. The maximum Gasteiger partial charge on any atom is 0.122 e. The zero-order valence-electron chi connectivity index (χ0n) is 10.4. The quantitative estimate of drug-likeness (QED) is 0.616. The first-order valence-corrected chi connectivity index (χ1v) is 6.76. The molecule has 0 heterocycles. The molecule has 0 amide bonds. The lowest BCUT2D eigenvalue weighted by Gasteiger charge is -2.16. The second-order valence-electron chi connectivity index (χ2n) is 5.89. The first-order chi connectivity index (χ1) is 8.15. The Balaban J connectivity index is 1.92. The van der Waals surface area contributed by atoms with Gasteiger partial charge in [-0.15, -0.1) is 0 Å². The van der Waals surface area contributed by atoms with Gasteiger partial charge in [0, 0.05) is 5.69 Å². The lowest BCUT2D eigenvalue weighted by molar-refractivity contribution is 0.450. The van der Waals surface area contributed by atoms with E-state index in [4.69, 9.17) is 5.73 Å². The summed E-state index contributed by atoms with van der Waals surface area (Å²) in [7, 11) is 0. The summed E-state index contributed by atoms with van der Waals surface area (Å²) in [6.07, 6.45) is 6.21. The molecule has 0 saturated heterocycles. The minimum Gasteiger partial charge on any atom is -0.507 e. The van der Waals surface area contributed by atoms with Gasteiger partial charge in [0.05, 0.1) is 0 Å². The SMILES string of the molecule is CC(c1cc(N)cc(CC2CC2)c1O)C1CC1. The molecule has 2 nitrogen and oxygen atoms in total. The Morgan fingerprint density at radius 1 is 1.29 bits per heavy atom. The Kier molecular flexibility index (Phi) is 2.53. The van der Waals surface area contributed by atoms with E-state index in [1.807, 2.05) is 12.1 Å². The van der Waals surface area contributed by atoms with Crippen LogP contribution in [0.2, 0.25) is 0 Å². The fourth-order valence-corrected chi connectivity index (χ4v) is 2.73. The van der Waals surface area contributed by atoms with Gasteiger partial charge in [0.25, 0.3) is 0 Å². The molecule has 2 saturated carbocycles. The molecular formula is C15H21NO. The molecule has 1 unspecified atom stereocenters. The zero-order chi connectivity index (χ0) is 12.0. The van der Waals surface area contributed by atoms with Crippen molar-refractivity contribution in [2.75, 3.05) is 5.73 Å². The van der Waals surface area contributed by atoms with Crippen LogP contribution >= 0.6 is 0 Å². The van der Waals surface area contributed by atoms with Crippen molar-refractivity contribution in [3.8, 4) is 5.75 Å². The minimum absolute atomic E-state index is 0.455. The molecule has 0 bridgehead atoms. The third-order valence-corrected chi connectivity index (χ3v) is 4.27. The molecule has 2 aliphatic rings. The number of nitrogen functional groups attached to an aromatic ring is 1. The van der Waals surface area contributed by atoms with E-state index in [1.165, 1.54) is 25.7 Å². The molecule has 0 aromatic heterocycles. The van der Waals surface area contributed by atoms with Crippen LogP contribution in [0.4, 0.5) is 5.69 Å². The number of aromatic hydroxyl groups is 1. The van der Waals surface area contributed by atoms with Gasteiger partial charge in [0.2, 0.25) is 0 Å². The predicted octanol–water partition coefficient (Wildman–Crippen LogP) is 3.44. The van der Waals surface area contributed by atoms with Gasteiger partial charge < -0.3 is 10.8 Å². The molecule has 2 aliphatic carbocycles. The first kappa shape index (κ1) is 10.9. The summed E-state index contributed by atoms with van der Waals surface area (Å²) in [5.74, 6) is 2.52. The van der Waals surface area contributed by atoms with E-state index in [1.54, 1.807) is 0 Å². The molecular weight excluding hydrogens is 210 g/mol. The smallest absolute Gasteiger partial charge is 0.122 e. The van der Waals surface area contributed by atoms with Crippen LogP contribution in [0.1, 0.15) is 49.7 Å². The van der Waals surface area contributed by atoms with Crippen LogP contribution in [-0.4, -0.2) is 5.11 Å². The number of hydrogen-bond acceptors (Lipinski definition) is 2. The second kappa shape index (κ2) is 3.94. The highest BCUT2D eigenvalue weighted by Gasteiger charge is 2.32. The molecule has 2 heteroatoms. The van der Waals surface area contributed by atoms with E-state index in [0.717, 1.165) is 35.1 Å². The molecule has 0 aliphatic heterocycles. The Hall–Kier alpha value is -1.18. The van der Waals surface area contributed by atoms with Gasteiger partial charge in [-0.2, -0.15) is 0 Å². The number of anilines is 1. The Labute approximate surface area is 103 Å². The van der Waals surface area contributed by atoms with E-state index in [2.05, 4.69) is 6.92 Å². The summed E-state index contributed by atoms with van der Waals surface area (Å²) in [6, 6.07) is 3.92. The van der Waals surface area contributed by atoms with Gasteiger partial charge in [-0.25, -0.2) is 0 Å². The van der Waals surface area contributed by atoms with Crippen LogP contribution in [0.5, 0.6) is 5.75 Å². The third-order valence-electron chi connectivity index (χ3n) is 4.27. The van der Waals surface area contributed by atoms with Crippen molar-refractivity contribution in [1.29, 1.82) is 0 Å². The van der Waals surface area contributed by atoms with Crippen molar-refractivity contribution in [2.45, 2.75) is 44.9 Å². The molecule has 17 heavy (non-hydrogen) atoms. The minimum atomic E-state index is 0.455. The van der Waals surface area contributed by atoms with E-state index < -0.39 is 0 Å². The van der Waals surface area contributed by atoms with E-state index in [-0.39, 0.29) is 0 Å². The molecule has 0 spiro atoms. The Morgan fingerprint density at radius 2 is 2.00 bits per heavy atom.